The number of rotatable bonds is 7. The van der Waals surface area contributed by atoms with Crippen LogP contribution in [-0.2, 0) is 9.53 Å². The summed E-state index contributed by atoms with van der Waals surface area (Å²) in [5.41, 5.74) is 0.570. The fourth-order valence-corrected chi connectivity index (χ4v) is 3.38. The number of hydrogen-bond donors (Lipinski definition) is 1. The largest absolute Gasteiger partial charge is 0.379 e. The third kappa shape index (κ3) is 4.33. The molecule has 0 aromatic carbocycles. The maximum absolute atomic E-state index is 12.2. The van der Waals surface area contributed by atoms with Crippen LogP contribution in [0.5, 0.6) is 0 Å². The highest BCUT2D eigenvalue weighted by atomic mass is 32.2. The van der Waals surface area contributed by atoms with Crippen molar-refractivity contribution in [2.75, 3.05) is 18.9 Å². The minimum Gasteiger partial charge on any atom is -0.379 e. The first-order valence-corrected chi connectivity index (χ1v) is 8.57. The molecule has 1 aliphatic rings. The van der Waals surface area contributed by atoms with Crippen LogP contribution in [0.4, 0.5) is 0 Å². The van der Waals surface area contributed by atoms with Crippen molar-refractivity contribution in [2.24, 2.45) is 0 Å². The van der Waals surface area contributed by atoms with Crippen LogP contribution in [0.2, 0.25) is 0 Å². The number of thioether (sulfide) groups is 1. The normalized spacial score (nSPS) is 16.8. The molecule has 2 heterocycles. The minimum absolute atomic E-state index is 0.0311. The Kier molecular flexibility index (Phi) is 6.02. The average molecular weight is 325 g/mol. The standard InChI is InChI=1S/C15H23N3O3S/c1-10(2)21-6-4-5-16-13(19)7-12-9-22-15-17-8-11(3)14(20)18(12)15/h8,10,12H,4-7,9H2,1-3H3,(H,16,19)/t12-/m0/s1. The molecule has 2 rings (SSSR count). The molecule has 0 saturated carbocycles. The highest BCUT2D eigenvalue weighted by Gasteiger charge is 2.27. The Hall–Kier alpha value is -1.34. The molecule has 122 valence electrons. The fraction of sp³-hybridized carbons (Fsp3) is 0.667. The third-order valence-electron chi connectivity index (χ3n) is 3.42. The number of carbonyl (C=O) groups is 1. The molecule has 1 aromatic rings. The van der Waals surface area contributed by atoms with Crippen molar-refractivity contribution in [3.63, 3.8) is 0 Å². The van der Waals surface area contributed by atoms with Gasteiger partial charge in [-0.05, 0) is 27.2 Å². The number of amides is 1. The Balaban J connectivity index is 1.82. The molecule has 1 atom stereocenters. The minimum atomic E-state index is -0.105. The zero-order chi connectivity index (χ0) is 16.1. The molecular weight excluding hydrogens is 302 g/mol. The topological polar surface area (TPSA) is 73.2 Å². The van der Waals surface area contributed by atoms with Crippen molar-refractivity contribution in [2.45, 2.75) is 50.9 Å². The van der Waals surface area contributed by atoms with Crippen LogP contribution in [0.15, 0.2) is 16.1 Å². The molecule has 6 nitrogen and oxygen atoms in total. The predicted molar refractivity (Wildman–Crippen MR) is 86.3 cm³/mol. The van der Waals surface area contributed by atoms with E-state index in [-0.39, 0.29) is 23.6 Å². The fourth-order valence-electron chi connectivity index (χ4n) is 2.28. The quantitative estimate of drug-likeness (QED) is 0.608. The molecule has 0 unspecified atom stereocenters. The van der Waals surface area contributed by atoms with Crippen molar-refractivity contribution < 1.29 is 9.53 Å². The summed E-state index contributed by atoms with van der Waals surface area (Å²) in [6.45, 7) is 6.96. The summed E-state index contributed by atoms with van der Waals surface area (Å²) >= 11 is 1.53. The summed E-state index contributed by atoms with van der Waals surface area (Å²) in [5, 5.41) is 3.59. The molecule has 1 aliphatic heterocycles. The average Bonchev–Trinajstić information content (AvgIpc) is 2.86. The maximum Gasteiger partial charge on any atom is 0.257 e. The molecule has 0 fully saturated rings. The van der Waals surface area contributed by atoms with Gasteiger partial charge in [0.05, 0.1) is 12.1 Å². The first-order chi connectivity index (χ1) is 10.5. The summed E-state index contributed by atoms with van der Waals surface area (Å²) in [7, 11) is 0. The SMILES string of the molecule is Cc1cnc2n(c1=O)[C@@H](CC(=O)NCCCOC(C)C)CS2. The molecule has 7 heteroatoms. The number of nitrogens with one attached hydrogen (secondary N) is 1. The van der Waals surface area contributed by atoms with Gasteiger partial charge < -0.3 is 10.1 Å². The lowest BCUT2D eigenvalue weighted by atomic mass is 10.2. The van der Waals surface area contributed by atoms with Gasteiger partial charge in [-0.1, -0.05) is 11.8 Å². The van der Waals surface area contributed by atoms with E-state index in [2.05, 4.69) is 10.3 Å². The van der Waals surface area contributed by atoms with Gasteiger partial charge in [0.25, 0.3) is 5.56 Å². The van der Waals surface area contributed by atoms with Crippen LogP contribution in [0, 0.1) is 6.92 Å². The first kappa shape index (κ1) is 17.0. The molecule has 0 bridgehead atoms. The van der Waals surface area contributed by atoms with Gasteiger partial charge in [-0.3, -0.25) is 14.2 Å². The van der Waals surface area contributed by atoms with Crippen LogP contribution in [0.3, 0.4) is 0 Å². The Morgan fingerprint density at radius 3 is 3.09 bits per heavy atom. The van der Waals surface area contributed by atoms with E-state index in [1.165, 1.54) is 11.8 Å². The summed E-state index contributed by atoms with van der Waals surface area (Å²) in [5.74, 6) is 0.687. The maximum atomic E-state index is 12.2. The molecule has 1 aromatic heterocycles. The number of carbonyl (C=O) groups excluding carboxylic acids is 1. The number of nitrogens with zero attached hydrogens (tertiary/aromatic N) is 2. The lowest BCUT2D eigenvalue weighted by Gasteiger charge is -2.14. The Morgan fingerprint density at radius 1 is 1.59 bits per heavy atom. The Bertz CT molecular complexity index is 586. The van der Waals surface area contributed by atoms with Crippen molar-refractivity contribution in [3.05, 3.63) is 22.1 Å². The van der Waals surface area contributed by atoms with E-state index in [4.69, 9.17) is 4.74 Å². The van der Waals surface area contributed by atoms with Crippen LogP contribution in [0.1, 0.15) is 38.3 Å². The van der Waals surface area contributed by atoms with Gasteiger partial charge >= 0.3 is 0 Å². The molecule has 0 aliphatic carbocycles. The zero-order valence-electron chi connectivity index (χ0n) is 13.3. The molecule has 0 spiro atoms. The molecule has 0 saturated heterocycles. The second kappa shape index (κ2) is 7.78. The predicted octanol–water partition coefficient (Wildman–Crippen LogP) is 1.52. The van der Waals surface area contributed by atoms with E-state index >= 15 is 0 Å². The third-order valence-corrected chi connectivity index (χ3v) is 4.53. The summed E-state index contributed by atoms with van der Waals surface area (Å²) in [6.07, 6.45) is 2.92. The van der Waals surface area contributed by atoms with Crippen LogP contribution in [-0.4, -0.2) is 40.5 Å². The molecular formula is C15H23N3O3S. The van der Waals surface area contributed by atoms with E-state index in [0.717, 1.165) is 12.2 Å². The van der Waals surface area contributed by atoms with Gasteiger partial charge in [0.1, 0.15) is 0 Å². The van der Waals surface area contributed by atoms with Gasteiger partial charge in [0.2, 0.25) is 5.91 Å². The Labute approximate surface area is 134 Å². The van der Waals surface area contributed by atoms with Crippen LogP contribution in [0.25, 0.3) is 0 Å². The van der Waals surface area contributed by atoms with Crippen molar-refractivity contribution in [1.82, 2.24) is 14.9 Å². The second-order valence-corrected chi connectivity index (χ2v) is 6.68. The second-order valence-electron chi connectivity index (χ2n) is 5.69. The van der Waals surface area contributed by atoms with E-state index in [1.807, 2.05) is 13.8 Å². The summed E-state index contributed by atoms with van der Waals surface area (Å²) < 4.78 is 7.08. The van der Waals surface area contributed by atoms with Gasteiger partial charge in [0, 0.05) is 37.1 Å². The summed E-state index contributed by atoms with van der Waals surface area (Å²) in [6, 6.07) is -0.105. The lowest BCUT2D eigenvalue weighted by molar-refractivity contribution is -0.121. The monoisotopic (exact) mass is 325 g/mol. The van der Waals surface area contributed by atoms with Crippen molar-refractivity contribution >= 4 is 17.7 Å². The van der Waals surface area contributed by atoms with Gasteiger partial charge in [0.15, 0.2) is 5.16 Å². The highest BCUT2D eigenvalue weighted by Crippen LogP contribution is 2.31. The smallest absolute Gasteiger partial charge is 0.257 e. The van der Waals surface area contributed by atoms with E-state index in [0.29, 0.717) is 30.3 Å². The van der Waals surface area contributed by atoms with Crippen LogP contribution < -0.4 is 10.9 Å². The number of hydrogen-bond acceptors (Lipinski definition) is 5. The number of aromatic nitrogens is 2. The van der Waals surface area contributed by atoms with Gasteiger partial charge in [-0.25, -0.2) is 4.98 Å². The van der Waals surface area contributed by atoms with E-state index < -0.39 is 0 Å². The molecule has 0 radical (unpaired) electrons. The highest BCUT2D eigenvalue weighted by molar-refractivity contribution is 7.99. The van der Waals surface area contributed by atoms with E-state index in [1.54, 1.807) is 17.7 Å². The molecule has 1 N–H and O–H groups in total. The van der Waals surface area contributed by atoms with Crippen LogP contribution >= 0.6 is 11.8 Å². The molecule has 1 amide bonds. The van der Waals surface area contributed by atoms with E-state index in [9.17, 15) is 9.59 Å². The van der Waals surface area contributed by atoms with Gasteiger partial charge in [-0.2, -0.15) is 0 Å². The number of aryl methyl sites for hydroxylation is 1. The summed E-state index contributed by atoms with van der Waals surface area (Å²) in [4.78, 5) is 28.4. The van der Waals surface area contributed by atoms with Crippen molar-refractivity contribution in [3.8, 4) is 0 Å². The zero-order valence-corrected chi connectivity index (χ0v) is 14.1. The van der Waals surface area contributed by atoms with Crippen molar-refractivity contribution in [1.29, 1.82) is 0 Å². The van der Waals surface area contributed by atoms with Gasteiger partial charge in [-0.15, -0.1) is 0 Å². The number of fused-ring (bicyclic) bond motifs is 1. The lowest BCUT2D eigenvalue weighted by Crippen LogP contribution is -2.32. The first-order valence-electron chi connectivity index (χ1n) is 7.58. The molecule has 22 heavy (non-hydrogen) atoms. The Morgan fingerprint density at radius 2 is 2.36 bits per heavy atom. The number of ether oxygens (including phenoxy) is 1.